The highest BCUT2D eigenvalue weighted by Gasteiger charge is 2.29. The number of hydrogen-bond donors (Lipinski definition) is 1. The molecule has 1 fully saturated rings. The minimum absolute atomic E-state index is 0.594. The summed E-state index contributed by atoms with van der Waals surface area (Å²) >= 11 is 0. The van der Waals surface area contributed by atoms with Gasteiger partial charge in [0.2, 0.25) is 0 Å². The Morgan fingerprint density at radius 2 is 2.19 bits per heavy atom. The molecule has 1 aromatic rings. The van der Waals surface area contributed by atoms with E-state index in [-0.39, 0.29) is 0 Å². The van der Waals surface area contributed by atoms with Crippen molar-refractivity contribution >= 4 is 24.0 Å². The van der Waals surface area contributed by atoms with Crippen LogP contribution in [0.5, 0.6) is 0 Å². The second-order valence-electron chi connectivity index (χ2n) is 5.93. The number of allylic oxidation sites excluding steroid dienone is 2. The fraction of sp³-hybridized carbons (Fsp3) is 0.562. The monoisotopic (exact) mass is 285 g/mol. The van der Waals surface area contributed by atoms with Crippen LogP contribution in [0.25, 0.3) is 0 Å². The SMILES string of the molecule is C=Nc1c(NCC2CC=CCC2)ncnc1N(C)C1CC1. The topological polar surface area (TPSA) is 53.4 Å². The highest BCUT2D eigenvalue weighted by Crippen LogP contribution is 2.37. The number of anilines is 2. The summed E-state index contributed by atoms with van der Waals surface area (Å²) in [6, 6.07) is 0.594. The van der Waals surface area contributed by atoms with Crippen molar-refractivity contribution in [1.29, 1.82) is 0 Å². The fourth-order valence-corrected chi connectivity index (χ4v) is 2.82. The van der Waals surface area contributed by atoms with Crippen LogP contribution in [0, 0.1) is 5.92 Å². The Kier molecular flexibility index (Phi) is 4.18. The second-order valence-corrected chi connectivity index (χ2v) is 5.93. The normalized spacial score (nSPS) is 21.1. The van der Waals surface area contributed by atoms with Crippen LogP contribution in [0.2, 0.25) is 0 Å². The summed E-state index contributed by atoms with van der Waals surface area (Å²) in [5.74, 6) is 2.36. The lowest BCUT2D eigenvalue weighted by Gasteiger charge is -2.22. The number of nitrogens with zero attached hydrogens (tertiary/aromatic N) is 4. The third-order valence-electron chi connectivity index (χ3n) is 4.33. The predicted octanol–water partition coefficient (Wildman–Crippen LogP) is 3.18. The molecular weight excluding hydrogens is 262 g/mol. The van der Waals surface area contributed by atoms with E-state index in [2.05, 4.69) is 51.1 Å². The maximum atomic E-state index is 4.40. The summed E-state index contributed by atoms with van der Waals surface area (Å²) in [4.78, 5) is 15.1. The summed E-state index contributed by atoms with van der Waals surface area (Å²) in [5, 5.41) is 3.44. The van der Waals surface area contributed by atoms with Crippen molar-refractivity contribution < 1.29 is 0 Å². The lowest BCUT2D eigenvalue weighted by Crippen LogP contribution is -2.22. The molecule has 2 aliphatic rings. The molecule has 0 aromatic carbocycles. The maximum absolute atomic E-state index is 4.40. The first-order valence-corrected chi connectivity index (χ1v) is 7.73. The van der Waals surface area contributed by atoms with Gasteiger partial charge >= 0.3 is 0 Å². The lowest BCUT2D eigenvalue weighted by molar-refractivity contribution is 0.503. The zero-order valence-electron chi connectivity index (χ0n) is 12.6. The Hall–Kier alpha value is -1.91. The van der Waals surface area contributed by atoms with Crippen LogP contribution in [0.3, 0.4) is 0 Å². The molecule has 1 aromatic heterocycles. The van der Waals surface area contributed by atoms with Gasteiger partial charge in [0.15, 0.2) is 11.6 Å². The van der Waals surface area contributed by atoms with Crippen molar-refractivity contribution in [3.63, 3.8) is 0 Å². The zero-order valence-corrected chi connectivity index (χ0v) is 12.6. The van der Waals surface area contributed by atoms with Gasteiger partial charge in [0.1, 0.15) is 12.0 Å². The van der Waals surface area contributed by atoms with Crippen molar-refractivity contribution in [2.75, 3.05) is 23.8 Å². The molecule has 0 amide bonds. The third-order valence-corrected chi connectivity index (χ3v) is 4.33. The van der Waals surface area contributed by atoms with Gasteiger partial charge < -0.3 is 10.2 Å². The van der Waals surface area contributed by atoms with E-state index in [1.165, 1.54) is 25.7 Å². The van der Waals surface area contributed by atoms with Gasteiger partial charge in [-0.1, -0.05) is 12.2 Å². The lowest BCUT2D eigenvalue weighted by atomic mass is 9.94. The van der Waals surface area contributed by atoms with E-state index >= 15 is 0 Å². The van der Waals surface area contributed by atoms with E-state index in [1.54, 1.807) is 6.33 Å². The summed E-state index contributed by atoms with van der Waals surface area (Å²) in [7, 11) is 2.07. The van der Waals surface area contributed by atoms with Crippen molar-refractivity contribution in [1.82, 2.24) is 9.97 Å². The highest BCUT2D eigenvalue weighted by atomic mass is 15.2. The molecule has 5 nitrogen and oxygen atoms in total. The first-order valence-electron chi connectivity index (χ1n) is 7.73. The number of aliphatic imine (C=N–C) groups is 1. The van der Waals surface area contributed by atoms with Crippen LogP contribution in [0.4, 0.5) is 17.3 Å². The van der Waals surface area contributed by atoms with E-state index < -0.39 is 0 Å². The number of hydrogen-bond acceptors (Lipinski definition) is 5. The zero-order chi connectivity index (χ0) is 14.7. The molecular formula is C16H23N5. The highest BCUT2D eigenvalue weighted by molar-refractivity contribution is 5.76. The quantitative estimate of drug-likeness (QED) is 0.644. The van der Waals surface area contributed by atoms with Gasteiger partial charge in [-0.25, -0.2) is 9.97 Å². The molecule has 0 saturated heterocycles. The first-order chi connectivity index (χ1) is 10.3. The molecule has 1 heterocycles. The Labute approximate surface area is 126 Å². The molecule has 0 radical (unpaired) electrons. The smallest absolute Gasteiger partial charge is 0.160 e. The van der Waals surface area contributed by atoms with Gasteiger partial charge in [-0.2, -0.15) is 0 Å². The molecule has 0 aliphatic heterocycles. The van der Waals surface area contributed by atoms with Crippen molar-refractivity contribution in [3.8, 4) is 0 Å². The molecule has 1 unspecified atom stereocenters. The van der Waals surface area contributed by atoms with Crippen LogP contribution in [-0.4, -0.2) is 36.3 Å². The van der Waals surface area contributed by atoms with Crippen molar-refractivity contribution in [3.05, 3.63) is 18.5 Å². The van der Waals surface area contributed by atoms with Crippen LogP contribution >= 0.6 is 0 Å². The van der Waals surface area contributed by atoms with Crippen LogP contribution < -0.4 is 10.2 Å². The summed E-state index contributed by atoms with van der Waals surface area (Å²) in [6.07, 6.45) is 12.2. The van der Waals surface area contributed by atoms with Crippen LogP contribution in [0.1, 0.15) is 32.1 Å². The van der Waals surface area contributed by atoms with Crippen molar-refractivity contribution in [2.45, 2.75) is 38.1 Å². The molecule has 5 heteroatoms. The molecule has 1 N–H and O–H groups in total. The van der Waals surface area contributed by atoms with E-state index in [1.807, 2.05) is 0 Å². The van der Waals surface area contributed by atoms with Crippen molar-refractivity contribution in [2.24, 2.45) is 10.9 Å². The van der Waals surface area contributed by atoms with Gasteiger partial charge in [-0.3, -0.25) is 4.99 Å². The van der Waals surface area contributed by atoms with Gasteiger partial charge in [-0.15, -0.1) is 0 Å². The fourth-order valence-electron chi connectivity index (χ4n) is 2.82. The first kappa shape index (κ1) is 14.0. The van der Waals surface area contributed by atoms with Gasteiger partial charge in [-0.05, 0) is 44.7 Å². The molecule has 21 heavy (non-hydrogen) atoms. The molecule has 0 spiro atoms. The Morgan fingerprint density at radius 3 is 2.86 bits per heavy atom. The minimum atomic E-state index is 0.594. The van der Waals surface area contributed by atoms with E-state index in [0.717, 1.165) is 30.3 Å². The average molecular weight is 285 g/mol. The second kappa shape index (κ2) is 6.24. The molecule has 2 aliphatic carbocycles. The summed E-state index contributed by atoms with van der Waals surface area (Å²) < 4.78 is 0. The Bertz CT molecular complexity index is 535. The van der Waals surface area contributed by atoms with E-state index in [9.17, 15) is 0 Å². The minimum Gasteiger partial charge on any atom is -0.368 e. The Balaban J connectivity index is 1.73. The van der Waals surface area contributed by atoms with Gasteiger partial charge in [0.05, 0.1) is 0 Å². The van der Waals surface area contributed by atoms with Gasteiger partial charge in [0, 0.05) is 19.6 Å². The van der Waals surface area contributed by atoms with Gasteiger partial charge in [0.25, 0.3) is 0 Å². The standard InChI is InChI=1S/C16H23N5/c1-17-14-15(18-10-12-6-4-3-5-7-12)19-11-20-16(14)21(2)13-8-9-13/h3-4,11-13H,1,5-10H2,2H3,(H,18,19,20). The number of nitrogens with one attached hydrogen (secondary N) is 1. The molecule has 112 valence electrons. The molecule has 1 saturated carbocycles. The van der Waals surface area contributed by atoms with Crippen LogP contribution in [0.15, 0.2) is 23.5 Å². The van der Waals surface area contributed by atoms with Crippen LogP contribution in [-0.2, 0) is 0 Å². The molecule has 1 atom stereocenters. The summed E-state index contributed by atoms with van der Waals surface area (Å²) in [6.45, 7) is 4.63. The third kappa shape index (κ3) is 3.23. The average Bonchev–Trinajstić information content (AvgIpc) is 3.37. The molecule has 3 rings (SSSR count). The maximum Gasteiger partial charge on any atom is 0.160 e. The number of aromatic nitrogens is 2. The summed E-state index contributed by atoms with van der Waals surface area (Å²) in [5.41, 5.74) is 0.776. The largest absolute Gasteiger partial charge is 0.368 e. The number of rotatable bonds is 6. The Morgan fingerprint density at radius 1 is 1.33 bits per heavy atom. The van der Waals surface area contributed by atoms with E-state index in [4.69, 9.17) is 0 Å². The van der Waals surface area contributed by atoms with E-state index in [0.29, 0.717) is 12.0 Å². The molecule has 0 bridgehead atoms. The predicted molar refractivity (Wildman–Crippen MR) is 87.6 cm³/mol.